The van der Waals surface area contributed by atoms with Gasteiger partial charge in [-0.1, -0.05) is 26.7 Å². The molecule has 1 saturated heterocycles. The van der Waals surface area contributed by atoms with Crippen LogP contribution >= 0.6 is 12.4 Å². The first-order chi connectivity index (χ1) is 8.66. The summed E-state index contributed by atoms with van der Waals surface area (Å²) in [5.41, 5.74) is -0.266. The van der Waals surface area contributed by atoms with Crippen molar-refractivity contribution in [1.29, 1.82) is 0 Å². The Bertz CT molecular complexity index is 290. The van der Waals surface area contributed by atoms with Gasteiger partial charge >= 0.3 is 0 Å². The molecule has 0 bridgehead atoms. The average Bonchev–Trinajstić information content (AvgIpc) is 2.77. The minimum absolute atomic E-state index is 0. The van der Waals surface area contributed by atoms with Crippen molar-refractivity contribution in [3.63, 3.8) is 0 Å². The van der Waals surface area contributed by atoms with E-state index in [1.807, 2.05) is 0 Å². The zero-order chi connectivity index (χ0) is 13.0. The van der Waals surface area contributed by atoms with Crippen LogP contribution in [0.3, 0.4) is 0 Å². The topological polar surface area (TPSA) is 41.1 Å². The number of carbonyl (C=O) groups excluding carboxylic acids is 1. The molecule has 2 rings (SSSR count). The van der Waals surface area contributed by atoms with Crippen LogP contribution in [-0.4, -0.2) is 24.0 Å². The van der Waals surface area contributed by atoms with Gasteiger partial charge in [0.1, 0.15) is 0 Å². The fraction of sp³-hybridized carbons (Fsp3) is 0.933. The molecular formula is C15H29ClN2O. The molecule has 2 fully saturated rings. The first-order valence-electron chi connectivity index (χ1n) is 7.72. The van der Waals surface area contributed by atoms with Gasteiger partial charge in [-0.05, 0) is 51.0 Å². The lowest BCUT2D eigenvalue weighted by Crippen LogP contribution is -2.55. The van der Waals surface area contributed by atoms with Crippen molar-refractivity contribution >= 4 is 18.3 Å². The lowest BCUT2D eigenvalue weighted by molar-refractivity contribution is -0.128. The van der Waals surface area contributed by atoms with E-state index in [2.05, 4.69) is 24.5 Å². The van der Waals surface area contributed by atoms with Gasteiger partial charge in [-0.2, -0.15) is 0 Å². The summed E-state index contributed by atoms with van der Waals surface area (Å²) >= 11 is 0. The second-order valence-electron chi connectivity index (χ2n) is 6.25. The molecule has 1 aliphatic carbocycles. The second kappa shape index (κ2) is 7.49. The summed E-state index contributed by atoms with van der Waals surface area (Å²) < 4.78 is 0. The number of hydrogen-bond acceptors (Lipinski definition) is 2. The normalized spacial score (nSPS) is 35.3. The van der Waals surface area contributed by atoms with Crippen molar-refractivity contribution in [3.05, 3.63) is 0 Å². The van der Waals surface area contributed by atoms with Gasteiger partial charge in [-0.15, -0.1) is 12.4 Å². The van der Waals surface area contributed by atoms with Crippen molar-refractivity contribution in [2.75, 3.05) is 6.54 Å². The Morgan fingerprint density at radius 3 is 2.68 bits per heavy atom. The lowest BCUT2D eigenvalue weighted by atomic mass is 9.92. The van der Waals surface area contributed by atoms with Gasteiger partial charge in [-0.3, -0.25) is 4.79 Å². The molecule has 3 unspecified atom stereocenters. The van der Waals surface area contributed by atoms with Crippen molar-refractivity contribution < 1.29 is 4.79 Å². The van der Waals surface area contributed by atoms with Crippen molar-refractivity contribution in [1.82, 2.24) is 10.6 Å². The van der Waals surface area contributed by atoms with Crippen LogP contribution in [0.25, 0.3) is 0 Å². The third-order valence-electron chi connectivity index (χ3n) is 4.87. The maximum Gasteiger partial charge on any atom is 0.240 e. The van der Waals surface area contributed by atoms with Gasteiger partial charge in [0.2, 0.25) is 5.91 Å². The van der Waals surface area contributed by atoms with Gasteiger partial charge in [0.05, 0.1) is 5.54 Å². The first kappa shape index (κ1) is 16.8. The molecule has 0 aromatic carbocycles. The van der Waals surface area contributed by atoms with Gasteiger partial charge in [-0.25, -0.2) is 0 Å². The fourth-order valence-electron chi connectivity index (χ4n) is 3.42. The van der Waals surface area contributed by atoms with Gasteiger partial charge in [0, 0.05) is 6.04 Å². The maximum absolute atomic E-state index is 12.5. The number of halogens is 1. The highest BCUT2D eigenvalue weighted by atomic mass is 35.5. The monoisotopic (exact) mass is 288 g/mol. The Morgan fingerprint density at radius 2 is 2.05 bits per heavy atom. The molecule has 0 spiro atoms. The zero-order valence-corrected chi connectivity index (χ0v) is 13.2. The number of amides is 1. The second-order valence-corrected chi connectivity index (χ2v) is 6.25. The zero-order valence-electron chi connectivity index (χ0n) is 12.3. The summed E-state index contributed by atoms with van der Waals surface area (Å²) in [4.78, 5) is 12.5. The molecule has 19 heavy (non-hydrogen) atoms. The smallest absolute Gasteiger partial charge is 0.240 e. The van der Waals surface area contributed by atoms with Gasteiger partial charge in [0.25, 0.3) is 0 Å². The molecule has 3 atom stereocenters. The Labute approximate surface area is 123 Å². The quantitative estimate of drug-likeness (QED) is 0.784. The van der Waals surface area contributed by atoms with Crippen molar-refractivity contribution in [2.45, 2.75) is 76.8 Å². The van der Waals surface area contributed by atoms with Crippen LogP contribution in [0.15, 0.2) is 0 Å². The Hall–Kier alpha value is -0.280. The molecule has 1 saturated carbocycles. The maximum atomic E-state index is 12.5. The van der Waals surface area contributed by atoms with Gasteiger partial charge in [0.15, 0.2) is 0 Å². The molecule has 1 amide bonds. The number of rotatable bonds is 3. The van der Waals surface area contributed by atoms with E-state index in [9.17, 15) is 4.79 Å². The Morgan fingerprint density at radius 1 is 1.26 bits per heavy atom. The summed E-state index contributed by atoms with van der Waals surface area (Å²) in [7, 11) is 0. The highest BCUT2D eigenvalue weighted by Crippen LogP contribution is 2.26. The Kier molecular flexibility index (Phi) is 6.61. The summed E-state index contributed by atoms with van der Waals surface area (Å²) in [6.45, 7) is 5.44. The largest absolute Gasteiger partial charge is 0.352 e. The third-order valence-corrected chi connectivity index (χ3v) is 4.87. The summed E-state index contributed by atoms with van der Waals surface area (Å²) in [5.74, 6) is 1.08. The van der Waals surface area contributed by atoms with E-state index >= 15 is 0 Å². The van der Waals surface area contributed by atoms with E-state index in [-0.39, 0.29) is 23.9 Å². The molecule has 1 aliphatic heterocycles. The van der Waals surface area contributed by atoms with Gasteiger partial charge < -0.3 is 10.6 Å². The molecule has 2 N–H and O–H groups in total. The first-order valence-corrected chi connectivity index (χ1v) is 7.72. The van der Waals surface area contributed by atoms with Crippen LogP contribution in [0, 0.1) is 5.92 Å². The summed E-state index contributed by atoms with van der Waals surface area (Å²) in [6.07, 6.45) is 9.20. The molecule has 0 aromatic heterocycles. The van der Waals surface area contributed by atoms with E-state index in [4.69, 9.17) is 0 Å². The van der Waals surface area contributed by atoms with Crippen LogP contribution in [0.5, 0.6) is 0 Å². The van der Waals surface area contributed by atoms with Crippen LogP contribution in [-0.2, 0) is 4.79 Å². The highest BCUT2D eigenvalue weighted by Gasteiger charge is 2.39. The van der Waals surface area contributed by atoms with Crippen molar-refractivity contribution in [2.24, 2.45) is 5.92 Å². The van der Waals surface area contributed by atoms with E-state index in [1.165, 1.54) is 19.3 Å². The minimum atomic E-state index is -0.266. The molecule has 0 aromatic rings. The molecule has 3 nitrogen and oxygen atoms in total. The van der Waals surface area contributed by atoms with E-state index in [0.29, 0.717) is 6.04 Å². The summed E-state index contributed by atoms with van der Waals surface area (Å²) in [5, 5.41) is 6.73. The molecule has 112 valence electrons. The predicted molar refractivity (Wildman–Crippen MR) is 81.7 cm³/mol. The van der Waals surface area contributed by atoms with E-state index in [1.54, 1.807) is 0 Å². The van der Waals surface area contributed by atoms with Crippen LogP contribution in [0.4, 0.5) is 0 Å². The van der Waals surface area contributed by atoms with Crippen LogP contribution < -0.4 is 10.6 Å². The number of hydrogen-bond donors (Lipinski definition) is 2. The van der Waals surface area contributed by atoms with E-state index in [0.717, 1.165) is 44.6 Å². The standard InChI is InChI=1S/C15H28N2O.ClH/c1-3-15(10-5-11-16-15)14(18)17-13-7-4-6-12(2)8-9-13;/h12-13,16H,3-11H2,1-2H3,(H,17,18);1H. The molecule has 2 aliphatic rings. The number of nitrogens with one attached hydrogen (secondary N) is 2. The molecule has 1 heterocycles. The van der Waals surface area contributed by atoms with Crippen LogP contribution in [0.1, 0.15) is 65.2 Å². The van der Waals surface area contributed by atoms with E-state index < -0.39 is 0 Å². The SMILES string of the molecule is CCC1(C(=O)NC2CCCC(C)CC2)CCCN1.Cl. The average molecular weight is 289 g/mol. The fourth-order valence-corrected chi connectivity index (χ4v) is 3.42. The summed E-state index contributed by atoms with van der Waals surface area (Å²) in [6, 6.07) is 0.410. The minimum Gasteiger partial charge on any atom is -0.352 e. The highest BCUT2D eigenvalue weighted by molar-refractivity contribution is 5.86. The molecule has 4 heteroatoms. The third kappa shape index (κ3) is 4.09. The number of carbonyl (C=O) groups is 1. The van der Waals surface area contributed by atoms with Crippen molar-refractivity contribution in [3.8, 4) is 0 Å². The van der Waals surface area contributed by atoms with Crippen LogP contribution in [0.2, 0.25) is 0 Å². The predicted octanol–water partition coefficient (Wildman–Crippen LogP) is 3.03. The molecule has 0 radical (unpaired) electrons. The molecular weight excluding hydrogens is 260 g/mol. The lowest BCUT2D eigenvalue weighted by Gasteiger charge is -2.29. The Balaban J connectivity index is 0.00000180.